The first-order valence-corrected chi connectivity index (χ1v) is 8.61. The van der Waals surface area contributed by atoms with Crippen molar-refractivity contribution in [1.82, 2.24) is 4.57 Å². The molecule has 0 fully saturated rings. The molecule has 0 aromatic carbocycles. The van der Waals surface area contributed by atoms with Crippen molar-refractivity contribution in [2.45, 2.75) is 19.7 Å². The number of rotatable bonds is 17. The maximum atomic E-state index is 5.70. The van der Waals surface area contributed by atoms with E-state index in [-0.39, 0.29) is 0 Å². The Balaban J connectivity index is 2.49. The third-order valence-electron chi connectivity index (χ3n) is 3.57. The molecule has 1 rings (SSSR count). The summed E-state index contributed by atoms with van der Waals surface area (Å²) in [7, 11) is 5.01. The highest BCUT2D eigenvalue weighted by atomic mass is 16.5. The molecule has 0 saturated carbocycles. The standard InChI is InChI=1S/C17H33N2O6/c1-20-10-13-23-8-6-18-4-5-19(7-9-24-14-11-21-2)17(18)16-25-15-12-22-3/h4-5H,6-16H2,1-3H3/q+1. The quantitative estimate of drug-likeness (QED) is 0.293. The lowest BCUT2D eigenvalue weighted by molar-refractivity contribution is -0.707. The minimum Gasteiger partial charge on any atom is -0.382 e. The van der Waals surface area contributed by atoms with Gasteiger partial charge in [-0.2, -0.15) is 0 Å². The van der Waals surface area contributed by atoms with E-state index in [0.717, 1.165) is 18.9 Å². The Kier molecular flexibility index (Phi) is 13.4. The Morgan fingerprint density at radius 3 is 2.00 bits per heavy atom. The molecule has 1 aromatic heterocycles. The zero-order valence-corrected chi connectivity index (χ0v) is 15.8. The lowest BCUT2D eigenvalue weighted by Gasteiger charge is -2.08. The molecule has 0 aliphatic carbocycles. The van der Waals surface area contributed by atoms with Gasteiger partial charge in [-0.3, -0.25) is 0 Å². The average Bonchev–Trinajstić information content (AvgIpc) is 3.00. The zero-order valence-electron chi connectivity index (χ0n) is 15.8. The van der Waals surface area contributed by atoms with E-state index in [9.17, 15) is 0 Å². The second-order valence-electron chi connectivity index (χ2n) is 5.36. The lowest BCUT2D eigenvalue weighted by Crippen LogP contribution is -2.40. The predicted octanol–water partition coefficient (Wildman–Crippen LogP) is 0.265. The van der Waals surface area contributed by atoms with Gasteiger partial charge in [-0.05, 0) is 0 Å². The van der Waals surface area contributed by atoms with E-state index in [1.165, 1.54) is 0 Å². The van der Waals surface area contributed by atoms with E-state index in [4.69, 9.17) is 28.4 Å². The molecular formula is C17H33N2O6+. The van der Waals surface area contributed by atoms with Crippen molar-refractivity contribution >= 4 is 0 Å². The van der Waals surface area contributed by atoms with Gasteiger partial charge in [0.25, 0.3) is 5.82 Å². The minimum absolute atomic E-state index is 0.520. The molecule has 0 saturated heterocycles. The average molecular weight is 361 g/mol. The summed E-state index contributed by atoms with van der Waals surface area (Å²) in [6.45, 7) is 6.89. The smallest absolute Gasteiger partial charge is 0.283 e. The monoisotopic (exact) mass is 361 g/mol. The van der Waals surface area contributed by atoms with Gasteiger partial charge in [-0.15, -0.1) is 0 Å². The molecule has 25 heavy (non-hydrogen) atoms. The van der Waals surface area contributed by atoms with Gasteiger partial charge in [-0.1, -0.05) is 0 Å². The van der Waals surface area contributed by atoms with Crippen molar-refractivity contribution in [1.29, 1.82) is 0 Å². The third-order valence-corrected chi connectivity index (χ3v) is 3.57. The fourth-order valence-electron chi connectivity index (χ4n) is 2.19. The van der Waals surface area contributed by atoms with Crippen molar-refractivity contribution in [3.63, 3.8) is 0 Å². The van der Waals surface area contributed by atoms with Crippen LogP contribution in [-0.4, -0.2) is 78.8 Å². The number of imidazole rings is 1. The largest absolute Gasteiger partial charge is 0.382 e. The number of hydrogen-bond acceptors (Lipinski definition) is 6. The molecule has 0 unspecified atom stereocenters. The molecule has 0 radical (unpaired) electrons. The first-order chi connectivity index (χ1) is 12.3. The normalized spacial score (nSPS) is 11.3. The molecule has 1 heterocycles. The van der Waals surface area contributed by atoms with Gasteiger partial charge in [0, 0.05) is 21.3 Å². The number of nitrogens with zero attached hydrogens (tertiary/aromatic N) is 2. The molecule has 1 aromatic rings. The van der Waals surface area contributed by atoms with E-state index < -0.39 is 0 Å². The fourth-order valence-corrected chi connectivity index (χ4v) is 2.19. The highest BCUT2D eigenvalue weighted by molar-refractivity contribution is 4.82. The second kappa shape index (κ2) is 15.2. The van der Waals surface area contributed by atoms with Crippen molar-refractivity contribution in [2.75, 3.05) is 74.2 Å². The van der Waals surface area contributed by atoms with Gasteiger partial charge >= 0.3 is 0 Å². The Hall–Kier alpha value is -1.03. The molecular weight excluding hydrogens is 328 g/mol. The number of aromatic nitrogens is 2. The van der Waals surface area contributed by atoms with Crippen molar-refractivity contribution in [3.05, 3.63) is 18.2 Å². The van der Waals surface area contributed by atoms with Crippen molar-refractivity contribution in [2.24, 2.45) is 0 Å². The van der Waals surface area contributed by atoms with E-state index >= 15 is 0 Å². The minimum atomic E-state index is 0.520. The summed E-state index contributed by atoms with van der Waals surface area (Å²) in [6.07, 6.45) is 4.09. The number of ether oxygens (including phenoxy) is 6. The topological polar surface area (TPSA) is 64.2 Å². The highest BCUT2D eigenvalue weighted by Gasteiger charge is 2.17. The maximum Gasteiger partial charge on any atom is 0.283 e. The summed E-state index contributed by atoms with van der Waals surface area (Å²) in [5, 5.41) is 0. The van der Waals surface area contributed by atoms with Crippen molar-refractivity contribution in [3.8, 4) is 0 Å². The van der Waals surface area contributed by atoms with Crippen LogP contribution in [0.1, 0.15) is 5.82 Å². The zero-order chi connectivity index (χ0) is 18.2. The van der Waals surface area contributed by atoms with Gasteiger partial charge in [0.05, 0.1) is 52.9 Å². The van der Waals surface area contributed by atoms with Crippen LogP contribution in [-0.2, 0) is 48.1 Å². The van der Waals surface area contributed by atoms with Crippen LogP contribution in [0.2, 0.25) is 0 Å². The third kappa shape index (κ3) is 9.88. The number of methoxy groups -OCH3 is 3. The van der Waals surface area contributed by atoms with Gasteiger partial charge in [0.15, 0.2) is 0 Å². The second-order valence-corrected chi connectivity index (χ2v) is 5.36. The van der Waals surface area contributed by atoms with Crippen LogP contribution in [0.5, 0.6) is 0 Å². The first-order valence-electron chi connectivity index (χ1n) is 8.61. The summed E-state index contributed by atoms with van der Waals surface area (Å²) < 4.78 is 36.1. The van der Waals surface area contributed by atoms with Crippen LogP contribution in [0.15, 0.2) is 12.4 Å². The summed E-state index contributed by atoms with van der Waals surface area (Å²) in [5.74, 6) is 1.08. The molecule has 0 aliphatic heterocycles. The fraction of sp³-hybridized carbons (Fsp3) is 0.824. The predicted molar refractivity (Wildman–Crippen MR) is 91.5 cm³/mol. The van der Waals surface area contributed by atoms with E-state index in [1.807, 2.05) is 12.4 Å². The molecule has 0 atom stereocenters. The van der Waals surface area contributed by atoms with Crippen molar-refractivity contribution < 1.29 is 33.0 Å². The molecule has 0 N–H and O–H groups in total. The highest BCUT2D eigenvalue weighted by Crippen LogP contribution is 2.00. The van der Waals surface area contributed by atoms with Crippen LogP contribution >= 0.6 is 0 Å². The molecule has 146 valence electrons. The maximum absolute atomic E-state index is 5.70. The van der Waals surface area contributed by atoms with Gasteiger partial charge in [0.1, 0.15) is 32.1 Å². The molecule has 0 aliphatic rings. The lowest BCUT2D eigenvalue weighted by atomic mass is 10.5. The summed E-state index contributed by atoms with van der Waals surface area (Å²) >= 11 is 0. The SMILES string of the molecule is COCCOCCn1cc[n+](CCOCCOC)c1COCCOC. The van der Waals surface area contributed by atoms with Crippen LogP contribution in [0, 0.1) is 0 Å². The first kappa shape index (κ1) is 22.0. The van der Waals surface area contributed by atoms with E-state index in [2.05, 4.69) is 9.13 Å². The Labute approximate surface area is 150 Å². The summed E-state index contributed by atoms with van der Waals surface area (Å²) in [6, 6.07) is 0. The van der Waals surface area contributed by atoms with E-state index in [0.29, 0.717) is 59.5 Å². The van der Waals surface area contributed by atoms with Crippen LogP contribution in [0.4, 0.5) is 0 Å². The van der Waals surface area contributed by atoms with Gasteiger partial charge < -0.3 is 28.4 Å². The summed E-state index contributed by atoms with van der Waals surface area (Å²) in [5.41, 5.74) is 0. The molecule has 8 heteroatoms. The Bertz CT molecular complexity index is 396. The molecule has 8 nitrogen and oxygen atoms in total. The Morgan fingerprint density at radius 2 is 1.36 bits per heavy atom. The van der Waals surface area contributed by atoms with E-state index in [1.54, 1.807) is 21.3 Å². The Morgan fingerprint density at radius 1 is 0.760 bits per heavy atom. The van der Waals surface area contributed by atoms with Gasteiger partial charge in [-0.25, -0.2) is 9.13 Å². The van der Waals surface area contributed by atoms with Crippen LogP contribution in [0.3, 0.4) is 0 Å². The molecule has 0 amide bonds. The van der Waals surface area contributed by atoms with Crippen LogP contribution in [0.25, 0.3) is 0 Å². The summed E-state index contributed by atoms with van der Waals surface area (Å²) in [4.78, 5) is 0. The number of hydrogen-bond donors (Lipinski definition) is 0. The molecule has 0 spiro atoms. The van der Waals surface area contributed by atoms with Gasteiger partial charge in [0.2, 0.25) is 0 Å². The molecule has 0 bridgehead atoms. The van der Waals surface area contributed by atoms with Crippen LogP contribution < -0.4 is 4.57 Å².